The van der Waals surface area contributed by atoms with Crippen molar-refractivity contribution in [3.8, 4) is 0 Å². The van der Waals surface area contributed by atoms with Crippen LogP contribution in [0.2, 0.25) is 0 Å². The zero-order chi connectivity index (χ0) is 17.6. The Morgan fingerprint density at radius 2 is 2.04 bits per heavy atom. The second-order valence-corrected chi connectivity index (χ2v) is 8.92. The molecular formula is C19H26N4OS. The van der Waals surface area contributed by atoms with E-state index in [0.717, 1.165) is 32.5 Å². The van der Waals surface area contributed by atoms with Gasteiger partial charge in [-0.1, -0.05) is 0 Å². The van der Waals surface area contributed by atoms with E-state index in [1.165, 1.54) is 15.3 Å². The molecule has 2 aliphatic heterocycles. The first-order valence-electron chi connectivity index (χ1n) is 9.01. The standard InChI is InChI=1S/C19H26N4OS/c1-14-4-5-16(25-14)13-23-8-6-19(7-9-23)17(10-18(24)22(19)3)15-11-20-21(2)12-15/h4-5,11-12,17H,6-10,13H2,1-3H3/t17-/m1/s1. The number of carbonyl (C=O) groups excluding carboxylic acids is 1. The number of likely N-dealkylation sites (N-methyl/N-ethyl adjacent to an activating group) is 1. The summed E-state index contributed by atoms with van der Waals surface area (Å²) in [7, 11) is 3.94. The molecule has 4 heterocycles. The van der Waals surface area contributed by atoms with Crippen LogP contribution in [0, 0.1) is 6.92 Å². The summed E-state index contributed by atoms with van der Waals surface area (Å²) in [6.45, 7) is 5.29. The lowest BCUT2D eigenvalue weighted by molar-refractivity contribution is -0.130. The molecule has 134 valence electrons. The van der Waals surface area contributed by atoms with Gasteiger partial charge in [0.1, 0.15) is 0 Å². The third-order valence-corrected chi connectivity index (χ3v) is 7.08. The zero-order valence-corrected chi connectivity index (χ0v) is 16.1. The highest BCUT2D eigenvalue weighted by molar-refractivity contribution is 7.11. The van der Waals surface area contributed by atoms with Crippen LogP contribution in [-0.2, 0) is 18.4 Å². The van der Waals surface area contributed by atoms with Gasteiger partial charge < -0.3 is 4.90 Å². The Morgan fingerprint density at radius 1 is 1.28 bits per heavy atom. The Kier molecular flexibility index (Phi) is 4.20. The summed E-state index contributed by atoms with van der Waals surface area (Å²) < 4.78 is 1.85. The number of carbonyl (C=O) groups is 1. The summed E-state index contributed by atoms with van der Waals surface area (Å²) in [5, 5.41) is 4.34. The molecule has 0 aliphatic carbocycles. The maximum Gasteiger partial charge on any atom is 0.223 e. The first kappa shape index (κ1) is 16.8. The third-order valence-electron chi connectivity index (χ3n) is 6.09. The number of aryl methyl sites for hydroxylation is 2. The van der Waals surface area contributed by atoms with Gasteiger partial charge in [0.25, 0.3) is 0 Å². The van der Waals surface area contributed by atoms with Crippen molar-refractivity contribution in [1.29, 1.82) is 0 Å². The molecule has 0 bridgehead atoms. The number of aromatic nitrogens is 2. The molecule has 1 spiro atoms. The molecule has 2 saturated heterocycles. The second kappa shape index (κ2) is 6.25. The first-order chi connectivity index (χ1) is 12.0. The first-order valence-corrected chi connectivity index (χ1v) is 9.82. The van der Waals surface area contributed by atoms with Crippen LogP contribution in [0.3, 0.4) is 0 Å². The average molecular weight is 359 g/mol. The lowest BCUT2D eigenvalue weighted by Crippen LogP contribution is -2.53. The smallest absolute Gasteiger partial charge is 0.223 e. The predicted molar refractivity (Wildman–Crippen MR) is 99.6 cm³/mol. The van der Waals surface area contributed by atoms with Crippen LogP contribution in [0.1, 0.15) is 40.5 Å². The summed E-state index contributed by atoms with van der Waals surface area (Å²) in [4.78, 5) is 19.9. The molecule has 1 amide bonds. The topological polar surface area (TPSA) is 41.4 Å². The van der Waals surface area contributed by atoms with Crippen LogP contribution in [0.5, 0.6) is 0 Å². The van der Waals surface area contributed by atoms with Crippen LogP contribution in [0.15, 0.2) is 24.5 Å². The maximum absolute atomic E-state index is 12.5. The predicted octanol–water partition coefficient (Wildman–Crippen LogP) is 2.77. The number of hydrogen-bond donors (Lipinski definition) is 0. The van der Waals surface area contributed by atoms with Crippen LogP contribution >= 0.6 is 11.3 Å². The lowest BCUT2D eigenvalue weighted by Gasteiger charge is -2.46. The van der Waals surface area contributed by atoms with E-state index in [-0.39, 0.29) is 17.4 Å². The molecule has 0 radical (unpaired) electrons. The SMILES string of the molecule is Cc1ccc(CN2CCC3(CC2)[C@@H](c2cnn(C)c2)CC(=O)N3C)s1. The van der Waals surface area contributed by atoms with E-state index < -0.39 is 0 Å². The van der Waals surface area contributed by atoms with Crippen LogP contribution in [0.25, 0.3) is 0 Å². The molecule has 5 nitrogen and oxygen atoms in total. The molecule has 25 heavy (non-hydrogen) atoms. The van der Waals surface area contributed by atoms with Gasteiger partial charge in [0.15, 0.2) is 0 Å². The number of likely N-dealkylation sites (tertiary alicyclic amines) is 2. The van der Waals surface area contributed by atoms with Crippen molar-refractivity contribution in [2.45, 2.75) is 44.2 Å². The van der Waals surface area contributed by atoms with Crippen molar-refractivity contribution in [1.82, 2.24) is 19.6 Å². The van der Waals surface area contributed by atoms with Crippen molar-refractivity contribution >= 4 is 17.2 Å². The quantitative estimate of drug-likeness (QED) is 0.847. The minimum Gasteiger partial charge on any atom is -0.339 e. The van der Waals surface area contributed by atoms with E-state index in [2.05, 4.69) is 35.3 Å². The van der Waals surface area contributed by atoms with Crippen molar-refractivity contribution in [3.63, 3.8) is 0 Å². The van der Waals surface area contributed by atoms with E-state index in [0.29, 0.717) is 6.42 Å². The van der Waals surface area contributed by atoms with Crippen molar-refractivity contribution < 1.29 is 4.79 Å². The Balaban J connectivity index is 1.51. The normalized spacial score (nSPS) is 23.7. The Hall–Kier alpha value is -1.66. The summed E-state index contributed by atoms with van der Waals surface area (Å²) in [5.41, 5.74) is 1.17. The monoisotopic (exact) mass is 358 g/mol. The van der Waals surface area contributed by atoms with Gasteiger partial charge in [-0.15, -0.1) is 11.3 Å². The average Bonchev–Trinajstić information content (AvgIpc) is 3.26. The minimum atomic E-state index is -0.0397. The van der Waals surface area contributed by atoms with Gasteiger partial charge in [0.05, 0.1) is 11.7 Å². The molecule has 0 unspecified atom stereocenters. The zero-order valence-electron chi connectivity index (χ0n) is 15.2. The molecular weight excluding hydrogens is 332 g/mol. The van der Waals surface area contributed by atoms with E-state index in [1.807, 2.05) is 41.2 Å². The van der Waals surface area contributed by atoms with Gasteiger partial charge in [0, 0.05) is 62.0 Å². The summed E-state index contributed by atoms with van der Waals surface area (Å²) in [6, 6.07) is 4.45. The molecule has 1 atom stereocenters. The van der Waals surface area contributed by atoms with Crippen molar-refractivity contribution in [3.05, 3.63) is 39.8 Å². The highest BCUT2D eigenvalue weighted by Crippen LogP contribution is 2.48. The lowest BCUT2D eigenvalue weighted by atomic mass is 9.74. The fraction of sp³-hybridized carbons (Fsp3) is 0.579. The molecule has 0 aromatic carbocycles. The number of hydrogen-bond acceptors (Lipinski definition) is 4. The van der Waals surface area contributed by atoms with Crippen LogP contribution < -0.4 is 0 Å². The van der Waals surface area contributed by atoms with Crippen molar-refractivity contribution in [2.75, 3.05) is 20.1 Å². The number of amides is 1. The highest BCUT2D eigenvalue weighted by atomic mass is 32.1. The maximum atomic E-state index is 12.5. The number of rotatable bonds is 3. The Labute approximate surface area is 153 Å². The van der Waals surface area contributed by atoms with Gasteiger partial charge >= 0.3 is 0 Å². The highest BCUT2D eigenvalue weighted by Gasteiger charge is 2.52. The molecule has 2 fully saturated rings. The number of thiophene rings is 1. The molecule has 2 aliphatic rings. The summed E-state index contributed by atoms with van der Waals surface area (Å²) in [6.07, 6.45) is 6.73. The van der Waals surface area contributed by atoms with E-state index in [4.69, 9.17) is 0 Å². The number of nitrogens with zero attached hydrogens (tertiary/aromatic N) is 4. The van der Waals surface area contributed by atoms with Gasteiger partial charge in [-0.25, -0.2) is 0 Å². The van der Waals surface area contributed by atoms with Crippen LogP contribution in [-0.4, -0.2) is 51.2 Å². The van der Waals surface area contributed by atoms with Gasteiger partial charge in [-0.2, -0.15) is 5.10 Å². The van der Waals surface area contributed by atoms with Crippen LogP contribution in [0.4, 0.5) is 0 Å². The molecule has 4 rings (SSSR count). The van der Waals surface area contributed by atoms with E-state index in [1.54, 1.807) is 0 Å². The molecule has 2 aromatic rings. The van der Waals surface area contributed by atoms with Crippen molar-refractivity contribution in [2.24, 2.45) is 7.05 Å². The number of piperidine rings is 1. The molecule has 6 heteroatoms. The Bertz CT molecular complexity index is 772. The molecule has 0 saturated carbocycles. The largest absolute Gasteiger partial charge is 0.339 e. The Morgan fingerprint density at radius 3 is 2.64 bits per heavy atom. The van der Waals surface area contributed by atoms with E-state index in [9.17, 15) is 4.79 Å². The minimum absolute atomic E-state index is 0.0397. The van der Waals surface area contributed by atoms with Gasteiger partial charge in [-0.05, 0) is 37.5 Å². The van der Waals surface area contributed by atoms with Gasteiger partial charge in [0.2, 0.25) is 5.91 Å². The third kappa shape index (κ3) is 2.91. The summed E-state index contributed by atoms with van der Waals surface area (Å²) >= 11 is 1.89. The van der Waals surface area contributed by atoms with Gasteiger partial charge in [-0.3, -0.25) is 14.4 Å². The molecule has 2 aromatic heterocycles. The summed E-state index contributed by atoms with van der Waals surface area (Å²) in [5.74, 6) is 0.543. The van der Waals surface area contributed by atoms with E-state index >= 15 is 0 Å². The molecule has 0 N–H and O–H groups in total. The second-order valence-electron chi connectivity index (χ2n) is 7.55. The fourth-order valence-electron chi connectivity index (χ4n) is 4.60. The fourth-order valence-corrected chi connectivity index (χ4v) is 5.54.